The molecule has 1 atom stereocenters. The van der Waals surface area contributed by atoms with Crippen molar-refractivity contribution in [2.75, 3.05) is 32.7 Å². The van der Waals surface area contributed by atoms with Gasteiger partial charge in [0.15, 0.2) is 0 Å². The first-order chi connectivity index (χ1) is 9.29. The van der Waals surface area contributed by atoms with Gasteiger partial charge in [-0.3, -0.25) is 9.80 Å². The first-order valence-electron chi connectivity index (χ1n) is 7.61. The molecule has 3 heteroatoms. The molecule has 1 aliphatic heterocycles. The molecule has 1 fully saturated rings. The Balaban J connectivity index is 1.92. The number of piperazine rings is 1. The van der Waals surface area contributed by atoms with Gasteiger partial charge in [-0.25, -0.2) is 0 Å². The average molecular weight is 275 g/mol. The molecule has 1 aromatic rings. The third kappa shape index (κ3) is 3.81. The Hall–Kier alpha value is -0.900. The zero-order valence-electron chi connectivity index (χ0n) is 13.4. The molecule has 20 heavy (non-hydrogen) atoms. The highest BCUT2D eigenvalue weighted by molar-refractivity contribution is 5.23. The Morgan fingerprint density at radius 3 is 2.00 bits per heavy atom. The minimum absolute atomic E-state index is 0.273. The molecule has 0 aromatic heterocycles. The Kier molecular flexibility index (Phi) is 4.52. The Labute approximate surface area is 123 Å². The van der Waals surface area contributed by atoms with Crippen molar-refractivity contribution in [3.05, 3.63) is 35.9 Å². The fourth-order valence-corrected chi connectivity index (χ4v) is 2.95. The van der Waals surface area contributed by atoms with Crippen molar-refractivity contribution in [3.8, 4) is 0 Å². The van der Waals surface area contributed by atoms with Gasteiger partial charge in [-0.05, 0) is 33.3 Å². The lowest BCUT2D eigenvalue weighted by atomic mass is 9.92. The van der Waals surface area contributed by atoms with Gasteiger partial charge in [0.25, 0.3) is 0 Å². The molecule has 1 saturated heterocycles. The lowest BCUT2D eigenvalue weighted by Gasteiger charge is -2.44. The van der Waals surface area contributed by atoms with Gasteiger partial charge in [0.2, 0.25) is 0 Å². The molecular weight excluding hydrogens is 246 g/mol. The van der Waals surface area contributed by atoms with Crippen LogP contribution in [-0.2, 0) is 5.54 Å². The van der Waals surface area contributed by atoms with Crippen molar-refractivity contribution < 1.29 is 0 Å². The van der Waals surface area contributed by atoms with Crippen LogP contribution in [0.3, 0.4) is 0 Å². The van der Waals surface area contributed by atoms with Crippen LogP contribution in [0.5, 0.6) is 0 Å². The molecule has 0 bridgehead atoms. The molecule has 1 aliphatic rings. The minimum atomic E-state index is -0.273. The van der Waals surface area contributed by atoms with Gasteiger partial charge in [0.05, 0.1) is 5.54 Å². The number of nitrogens with two attached hydrogens (primary N) is 1. The van der Waals surface area contributed by atoms with E-state index in [1.807, 2.05) is 6.07 Å². The summed E-state index contributed by atoms with van der Waals surface area (Å²) in [5, 5.41) is 0. The van der Waals surface area contributed by atoms with E-state index in [9.17, 15) is 0 Å². The normalized spacial score (nSPS) is 21.6. The third-order valence-electron chi connectivity index (χ3n) is 4.31. The summed E-state index contributed by atoms with van der Waals surface area (Å²) in [7, 11) is 0. The summed E-state index contributed by atoms with van der Waals surface area (Å²) in [5.41, 5.74) is 7.76. The molecule has 1 unspecified atom stereocenters. The van der Waals surface area contributed by atoms with Crippen LogP contribution in [0.15, 0.2) is 30.3 Å². The van der Waals surface area contributed by atoms with Gasteiger partial charge in [-0.15, -0.1) is 0 Å². The predicted molar refractivity (Wildman–Crippen MR) is 85.7 cm³/mol. The molecule has 1 aromatic carbocycles. The van der Waals surface area contributed by atoms with Crippen LogP contribution in [-0.4, -0.2) is 48.1 Å². The highest BCUT2D eigenvalue weighted by atomic mass is 15.3. The zero-order valence-corrected chi connectivity index (χ0v) is 13.4. The van der Waals surface area contributed by atoms with Crippen LogP contribution in [0, 0.1) is 0 Å². The van der Waals surface area contributed by atoms with Crippen LogP contribution >= 0.6 is 0 Å². The first kappa shape index (κ1) is 15.5. The van der Waals surface area contributed by atoms with Crippen LogP contribution in [0.1, 0.15) is 33.3 Å². The molecule has 0 saturated carbocycles. The van der Waals surface area contributed by atoms with Gasteiger partial charge in [0, 0.05) is 38.3 Å². The molecule has 3 nitrogen and oxygen atoms in total. The second-order valence-electron chi connectivity index (χ2n) is 7.22. The largest absolute Gasteiger partial charge is 0.321 e. The lowest BCUT2D eigenvalue weighted by molar-refractivity contribution is 0.0532. The standard InChI is InChI=1S/C17H29N3/c1-16(2,3)20-12-10-19(11-13-20)14-17(4,18)15-8-6-5-7-9-15/h5-9H,10-14,18H2,1-4H3. The molecule has 0 spiro atoms. The van der Waals surface area contributed by atoms with Gasteiger partial charge in [-0.2, -0.15) is 0 Å². The van der Waals surface area contributed by atoms with Crippen LogP contribution in [0.4, 0.5) is 0 Å². The topological polar surface area (TPSA) is 32.5 Å². The molecule has 112 valence electrons. The third-order valence-corrected chi connectivity index (χ3v) is 4.31. The monoisotopic (exact) mass is 275 g/mol. The average Bonchev–Trinajstić information content (AvgIpc) is 2.39. The Morgan fingerprint density at radius 1 is 0.950 bits per heavy atom. The van der Waals surface area contributed by atoms with Gasteiger partial charge >= 0.3 is 0 Å². The van der Waals surface area contributed by atoms with Crippen molar-refractivity contribution in [2.24, 2.45) is 5.73 Å². The number of rotatable bonds is 3. The van der Waals surface area contributed by atoms with E-state index >= 15 is 0 Å². The molecule has 0 radical (unpaired) electrons. The summed E-state index contributed by atoms with van der Waals surface area (Å²) in [6, 6.07) is 10.4. The van der Waals surface area contributed by atoms with Crippen molar-refractivity contribution in [1.82, 2.24) is 9.80 Å². The molecule has 2 rings (SSSR count). The smallest absolute Gasteiger partial charge is 0.0509 e. The number of hydrogen-bond donors (Lipinski definition) is 1. The number of nitrogens with zero attached hydrogens (tertiary/aromatic N) is 2. The lowest BCUT2D eigenvalue weighted by Crippen LogP contribution is -2.56. The summed E-state index contributed by atoms with van der Waals surface area (Å²) < 4.78 is 0. The molecule has 0 aliphatic carbocycles. The van der Waals surface area contributed by atoms with E-state index in [1.54, 1.807) is 0 Å². The SMILES string of the molecule is CC(N)(CN1CCN(C(C)(C)C)CC1)c1ccccc1. The van der Waals surface area contributed by atoms with E-state index in [-0.39, 0.29) is 11.1 Å². The summed E-state index contributed by atoms with van der Waals surface area (Å²) in [5.74, 6) is 0. The molecule has 1 heterocycles. The van der Waals surface area contributed by atoms with Gasteiger partial charge < -0.3 is 5.73 Å². The molecule has 2 N–H and O–H groups in total. The molecular formula is C17H29N3. The van der Waals surface area contributed by atoms with Crippen molar-refractivity contribution in [3.63, 3.8) is 0 Å². The quantitative estimate of drug-likeness (QED) is 0.918. The Bertz CT molecular complexity index is 412. The van der Waals surface area contributed by atoms with Crippen LogP contribution < -0.4 is 5.73 Å². The van der Waals surface area contributed by atoms with Gasteiger partial charge in [-0.1, -0.05) is 30.3 Å². The van der Waals surface area contributed by atoms with E-state index in [2.05, 4.69) is 61.8 Å². The number of hydrogen-bond acceptors (Lipinski definition) is 3. The summed E-state index contributed by atoms with van der Waals surface area (Å²) in [6.07, 6.45) is 0. The maximum absolute atomic E-state index is 6.53. The number of benzene rings is 1. The highest BCUT2D eigenvalue weighted by Crippen LogP contribution is 2.21. The summed E-state index contributed by atoms with van der Waals surface area (Å²) in [6.45, 7) is 14.4. The van der Waals surface area contributed by atoms with Crippen molar-refractivity contribution in [1.29, 1.82) is 0 Å². The van der Waals surface area contributed by atoms with Crippen molar-refractivity contribution >= 4 is 0 Å². The molecule has 0 amide bonds. The summed E-state index contributed by atoms with van der Waals surface area (Å²) >= 11 is 0. The van der Waals surface area contributed by atoms with Crippen molar-refractivity contribution in [2.45, 2.75) is 38.8 Å². The van der Waals surface area contributed by atoms with Gasteiger partial charge in [0.1, 0.15) is 0 Å². The maximum atomic E-state index is 6.53. The maximum Gasteiger partial charge on any atom is 0.0509 e. The van der Waals surface area contributed by atoms with E-state index < -0.39 is 0 Å². The fraction of sp³-hybridized carbons (Fsp3) is 0.647. The fourth-order valence-electron chi connectivity index (χ4n) is 2.95. The van der Waals surface area contributed by atoms with E-state index in [4.69, 9.17) is 5.73 Å². The zero-order chi connectivity index (χ0) is 14.8. The minimum Gasteiger partial charge on any atom is -0.321 e. The first-order valence-corrected chi connectivity index (χ1v) is 7.61. The Morgan fingerprint density at radius 2 is 1.50 bits per heavy atom. The van der Waals surface area contributed by atoms with Crippen LogP contribution in [0.25, 0.3) is 0 Å². The second kappa shape index (κ2) is 5.84. The van der Waals surface area contributed by atoms with Crippen LogP contribution in [0.2, 0.25) is 0 Å². The van der Waals surface area contributed by atoms with E-state index in [0.717, 1.165) is 32.7 Å². The van der Waals surface area contributed by atoms with E-state index in [0.29, 0.717) is 0 Å². The van der Waals surface area contributed by atoms with E-state index in [1.165, 1.54) is 5.56 Å². The second-order valence-corrected chi connectivity index (χ2v) is 7.22. The predicted octanol–water partition coefficient (Wildman–Crippen LogP) is 2.28. The highest BCUT2D eigenvalue weighted by Gasteiger charge is 2.29. The summed E-state index contributed by atoms with van der Waals surface area (Å²) in [4.78, 5) is 5.05.